The van der Waals surface area contributed by atoms with Crippen LogP contribution in [0.3, 0.4) is 0 Å². The molecular weight excluding hydrogens is 312 g/mol. The molecule has 1 amide bonds. The van der Waals surface area contributed by atoms with E-state index in [9.17, 15) is 4.79 Å². The molecule has 1 aliphatic carbocycles. The van der Waals surface area contributed by atoms with Crippen LogP contribution in [0, 0.1) is 5.92 Å². The van der Waals surface area contributed by atoms with Crippen molar-refractivity contribution in [2.75, 3.05) is 12.0 Å². The van der Waals surface area contributed by atoms with Gasteiger partial charge in [0.1, 0.15) is 5.75 Å². The highest BCUT2D eigenvalue weighted by Gasteiger charge is 2.28. The topological polar surface area (TPSA) is 55.6 Å². The number of rotatable bonds is 6. The summed E-state index contributed by atoms with van der Waals surface area (Å²) in [6, 6.07) is 17.9. The van der Waals surface area contributed by atoms with Crippen molar-refractivity contribution >= 4 is 11.6 Å². The predicted molar refractivity (Wildman–Crippen MR) is 101 cm³/mol. The van der Waals surface area contributed by atoms with Crippen LogP contribution in [0.5, 0.6) is 5.75 Å². The van der Waals surface area contributed by atoms with Gasteiger partial charge in [0.2, 0.25) is 5.91 Å². The van der Waals surface area contributed by atoms with E-state index in [0.717, 1.165) is 36.3 Å². The first-order chi connectivity index (χ1) is 12.2. The molecule has 4 nitrogen and oxygen atoms in total. The number of nitrogens with two attached hydrogens (primary N) is 1. The summed E-state index contributed by atoms with van der Waals surface area (Å²) in [5.41, 5.74) is 8.17. The van der Waals surface area contributed by atoms with Gasteiger partial charge in [-0.25, -0.2) is 0 Å². The van der Waals surface area contributed by atoms with Gasteiger partial charge in [-0.15, -0.1) is 0 Å². The standard InChI is InChI=1S/C21H26N2O2/c1-25-19-12-10-18(11-13-19)23(15-16-6-3-2-4-7-16)21(24)14-17-8-5-9-20(17)22/h2-4,6-7,10-13,17,20H,5,8-9,14-15,22H2,1H3/t17-,20+/m0/s1. The SMILES string of the molecule is COc1ccc(N(Cc2ccccc2)C(=O)C[C@@H]2CCC[C@H]2N)cc1. The highest BCUT2D eigenvalue weighted by molar-refractivity contribution is 5.93. The molecule has 1 aliphatic rings. The zero-order chi connectivity index (χ0) is 17.6. The average molecular weight is 338 g/mol. The molecule has 2 N–H and O–H groups in total. The summed E-state index contributed by atoms with van der Waals surface area (Å²) in [6.45, 7) is 0.563. The van der Waals surface area contributed by atoms with E-state index in [-0.39, 0.29) is 11.9 Å². The van der Waals surface area contributed by atoms with Crippen molar-refractivity contribution in [3.63, 3.8) is 0 Å². The minimum atomic E-state index is 0.136. The van der Waals surface area contributed by atoms with Gasteiger partial charge in [0.25, 0.3) is 0 Å². The molecule has 0 radical (unpaired) electrons. The Morgan fingerprint density at radius 2 is 1.84 bits per heavy atom. The fraction of sp³-hybridized carbons (Fsp3) is 0.381. The molecule has 1 fully saturated rings. The summed E-state index contributed by atoms with van der Waals surface area (Å²) >= 11 is 0. The van der Waals surface area contributed by atoms with Gasteiger partial charge in [0, 0.05) is 18.2 Å². The zero-order valence-electron chi connectivity index (χ0n) is 14.7. The maximum atomic E-state index is 13.0. The lowest BCUT2D eigenvalue weighted by Gasteiger charge is -2.26. The van der Waals surface area contributed by atoms with Gasteiger partial charge in [-0.2, -0.15) is 0 Å². The molecule has 0 aliphatic heterocycles. The fourth-order valence-corrected chi connectivity index (χ4v) is 3.51. The van der Waals surface area contributed by atoms with Crippen LogP contribution in [0.1, 0.15) is 31.2 Å². The molecule has 25 heavy (non-hydrogen) atoms. The van der Waals surface area contributed by atoms with Gasteiger partial charge >= 0.3 is 0 Å². The molecule has 0 aromatic heterocycles. The Labute approximate surface area is 149 Å². The molecular formula is C21H26N2O2. The van der Waals surface area contributed by atoms with Crippen LogP contribution in [0.2, 0.25) is 0 Å². The van der Waals surface area contributed by atoms with Crippen molar-refractivity contribution in [3.8, 4) is 5.75 Å². The number of hydrogen-bond acceptors (Lipinski definition) is 3. The van der Waals surface area contributed by atoms with E-state index < -0.39 is 0 Å². The summed E-state index contributed by atoms with van der Waals surface area (Å²) < 4.78 is 5.23. The van der Waals surface area contributed by atoms with E-state index in [2.05, 4.69) is 0 Å². The van der Waals surface area contributed by atoms with Crippen LogP contribution in [-0.4, -0.2) is 19.1 Å². The van der Waals surface area contributed by atoms with Gasteiger partial charge in [-0.3, -0.25) is 4.79 Å². The number of ether oxygens (including phenoxy) is 1. The first-order valence-corrected chi connectivity index (χ1v) is 8.91. The largest absolute Gasteiger partial charge is 0.497 e. The number of benzene rings is 2. The summed E-state index contributed by atoms with van der Waals surface area (Å²) in [5, 5.41) is 0. The lowest BCUT2D eigenvalue weighted by atomic mass is 9.99. The molecule has 0 saturated heterocycles. The Bertz CT molecular complexity index is 685. The van der Waals surface area contributed by atoms with Gasteiger partial charge in [-0.1, -0.05) is 36.8 Å². The monoisotopic (exact) mass is 338 g/mol. The maximum Gasteiger partial charge on any atom is 0.227 e. The third-order valence-corrected chi connectivity index (χ3v) is 5.02. The number of methoxy groups -OCH3 is 1. The van der Waals surface area contributed by atoms with Crippen LogP contribution < -0.4 is 15.4 Å². The van der Waals surface area contributed by atoms with E-state index in [1.807, 2.05) is 59.5 Å². The zero-order valence-corrected chi connectivity index (χ0v) is 14.7. The van der Waals surface area contributed by atoms with Crippen molar-refractivity contribution in [3.05, 3.63) is 60.2 Å². The first-order valence-electron chi connectivity index (χ1n) is 8.91. The van der Waals surface area contributed by atoms with E-state index >= 15 is 0 Å². The van der Waals surface area contributed by atoms with E-state index in [1.54, 1.807) is 7.11 Å². The fourth-order valence-electron chi connectivity index (χ4n) is 3.51. The van der Waals surface area contributed by atoms with Gasteiger partial charge < -0.3 is 15.4 Å². The number of carbonyl (C=O) groups is 1. The van der Waals surface area contributed by atoms with Gasteiger partial charge in [0.15, 0.2) is 0 Å². The second-order valence-electron chi connectivity index (χ2n) is 6.72. The molecule has 1 saturated carbocycles. The second-order valence-corrected chi connectivity index (χ2v) is 6.72. The van der Waals surface area contributed by atoms with Crippen molar-refractivity contribution in [2.24, 2.45) is 11.7 Å². The molecule has 3 rings (SSSR count). The van der Waals surface area contributed by atoms with Crippen LogP contribution in [-0.2, 0) is 11.3 Å². The normalized spacial score (nSPS) is 19.6. The number of nitrogens with zero attached hydrogens (tertiary/aromatic N) is 1. The molecule has 132 valence electrons. The van der Waals surface area contributed by atoms with Crippen molar-refractivity contribution in [2.45, 2.75) is 38.3 Å². The highest BCUT2D eigenvalue weighted by atomic mass is 16.5. The van der Waals surface area contributed by atoms with Crippen LogP contribution in [0.4, 0.5) is 5.69 Å². The van der Waals surface area contributed by atoms with E-state index in [1.165, 1.54) is 0 Å². The molecule has 0 heterocycles. The van der Waals surface area contributed by atoms with Gasteiger partial charge in [-0.05, 0) is 48.6 Å². The Hall–Kier alpha value is -2.33. The number of anilines is 1. The molecule has 2 atom stereocenters. The predicted octanol–water partition coefficient (Wildman–Crippen LogP) is 3.75. The number of carbonyl (C=O) groups excluding carboxylic acids is 1. The Kier molecular flexibility index (Phi) is 5.71. The molecule has 4 heteroatoms. The van der Waals surface area contributed by atoms with Gasteiger partial charge in [0.05, 0.1) is 13.7 Å². The molecule has 0 unspecified atom stereocenters. The third-order valence-electron chi connectivity index (χ3n) is 5.02. The van der Waals surface area contributed by atoms with Crippen molar-refractivity contribution in [1.29, 1.82) is 0 Å². The van der Waals surface area contributed by atoms with Crippen molar-refractivity contribution in [1.82, 2.24) is 0 Å². The minimum Gasteiger partial charge on any atom is -0.497 e. The highest BCUT2D eigenvalue weighted by Crippen LogP contribution is 2.29. The average Bonchev–Trinajstić information content (AvgIpc) is 3.05. The van der Waals surface area contributed by atoms with E-state index in [0.29, 0.717) is 18.9 Å². The van der Waals surface area contributed by atoms with Crippen molar-refractivity contribution < 1.29 is 9.53 Å². The Morgan fingerprint density at radius 3 is 2.44 bits per heavy atom. The Morgan fingerprint density at radius 1 is 1.12 bits per heavy atom. The molecule has 2 aromatic rings. The van der Waals surface area contributed by atoms with Crippen LogP contribution >= 0.6 is 0 Å². The molecule has 0 bridgehead atoms. The molecule has 2 aromatic carbocycles. The minimum absolute atomic E-state index is 0.136. The third kappa shape index (κ3) is 4.40. The van der Waals surface area contributed by atoms with Crippen LogP contribution in [0.25, 0.3) is 0 Å². The lowest BCUT2D eigenvalue weighted by molar-refractivity contribution is -0.119. The number of hydrogen-bond donors (Lipinski definition) is 1. The molecule has 0 spiro atoms. The van der Waals surface area contributed by atoms with Crippen LogP contribution in [0.15, 0.2) is 54.6 Å². The summed E-state index contributed by atoms with van der Waals surface area (Å²) in [4.78, 5) is 14.9. The summed E-state index contributed by atoms with van der Waals surface area (Å²) in [5.74, 6) is 1.22. The quantitative estimate of drug-likeness (QED) is 0.873. The summed E-state index contributed by atoms with van der Waals surface area (Å²) in [6.07, 6.45) is 3.72. The smallest absolute Gasteiger partial charge is 0.227 e. The summed E-state index contributed by atoms with van der Waals surface area (Å²) in [7, 11) is 1.64. The maximum absolute atomic E-state index is 13.0. The van der Waals surface area contributed by atoms with E-state index in [4.69, 9.17) is 10.5 Å². The lowest BCUT2D eigenvalue weighted by Crippen LogP contribution is -2.35. The second kappa shape index (κ2) is 8.17. The first kappa shape index (κ1) is 17.5. The number of amides is 1. The Balaban J connectivity index is 1.80.